The maximum atomic E-state index is 12.4. The van der Waals surface area contributed by atoms with E-state index in [-0.39, 0.29) is 23.5 Å². The van der Waals surface area contributed by atoms with Gasteiger partial charge in [-0.2, -0.15) is 0 Å². The number of hydrogen-bond acceptors (Lipinski definition) is 5. The van der Waals surface area contributed by atoms with Gasteiger partial charge in [-0.1, -0.05) is 6.07 Å². The van der Waals surface area contributed by atoms with Gasteiger partial charge in [0.2, 0.25) is 0 Å². The van der Waals surface area contributed by atoms with Gasteiger partial charge in [-0.3, -0.25) is 14.3 Å². The first kappa shape index (κ1) is 20.4. The summed E-state index contributed by atoms with van der Waals surface area (Å²) in [5.74, 6) is 0.315. The van der Waals surface area contributed by atoms with E-state index in [9.17, 15) is 19.1 Å². The van der Waals surface area contributed by atoms with Gasteiger partial charge in [-0.05, 0) is 44.7 Å². The lowest BCUT2D eigenvalue weighted by Crippen LogP contribution is -2.42. The normalized spacial score (nSPS) is 19.1. The number of likely N-dealkylation sites (tertiary alicyclic amines) is 1. The lowest BCUT2D eigenvalue weighted by Gasteiger charge is -2.35. The second-order valence-corrected chi connectivity index (χ2v) is 9.06. The van der Waals surface area contributed by atoms with Crippen molar-refractivity contribution in [1.29, 1.82) is 0 Å². The Bertz CT molecular complexity index is 714. The molecule has 1 aliphatic heterocycles. The molecule has 8 heteroatoms. The van der Waals surface area contributed by atoms with E-state index >= 15 is 0 Å². The third-order valence-corrected chi connectivity index (χ3v) is 4.93. The fraction of sp³-hybridized carbons (Fsp3) is 0.611. The minimum atomic E-state index is -1.11. The van der Waals surface area contributed by atoms with Gasteiger partial charge < -0.3 is 9.64 Å². The minimum absolute atomic E-state index is 0.00555. The summed E-state index contributed by atoms with van der Waals surface area (Å²) in [6.07, 6.45) is 2.94. The Morgan fingerprint density at radius 1 is 1.42 bits per heavy atom. The summed E-state index contributed by atoms with van der Waals surface area (Å²) in [7, 11) is -1.11. The summed E-state index contributed by atoms with van der Waals surface area (Å²) in [5, 5.41) is 11.1. The second-order valence-electron chi connectivity index (χ2n) is 7.62. The van der Waals surface area contributed by atoms with E-state index in [0.717, 1.165) is 24.0 Å². The number of non-ortho nitro benzene ring substituents is 1. The number of piperidine rings is 1. The highest BCUT2D eigenvalue weighted by molar-refractivity contribution is 7.83. The number of nitrogens with zero attached hydrogens (tertiary/aromatic N) is 2. The van der Waals surface area contributed by atoms with Gasteiger partial charge in [0.25, 0.3) is 5.69 Å². The van der Waals surface area contributed by atoms with Gasteiger partial charge in [0.05, 0.1) is 4.92 Å². The van der Waals surface area contributed by atoms with Crippen LogP contribution in [-0.2, 0) is 21.3 Å². The van der Waals surface area contributed by atoms with Crippen LogP contribution < -0.4 is 0 Å². The fourth-order valence-electron chi connectivity index (χ4n) is 3.17. The van der Waals surface area contributed by atoms with Crippen LogP contribution in [0.3, 0.4) is 0 Å². The van der Waals surface area contributed by atoms with Crippen molar-refractivity contribution in [2.24, 2.45) is 0 Å². The van der Waals surface area contributed by atoms with Crippen LogP contribution in [0.25, 0.3) is 0 Å². The Balaban J connectivity index is 2.24. The van der Waals surface area contributed by atoms with Crippen LogP contribution in [0.2, 0.25) is 0 Å². The van der Waals surface area contributed by atoms with Crippen LogP contribution in [0.4, 0.5) is 10.5 Å². The van der Waals surface area contributed by atoms with Gasteiger partial charge in [-0.25, -0.2) is 4.79 Å². The number of amides is 1. The predicted octanol–water partition coefficient (Wildman–Crippen LogP) is 3.59. The molecule has 1 saturated heterocycles. The Morgan fingerprint density at radius 2 is 2.12 bits per heavy atom. The first-order chi connectivity index (χ1) is 12.1. The van der Waals surface area contributed by atoms with E-state index in [2.05, 4.69) is 0 Å². The number of carbonyl (C=O) groups is 1. The van der Waals surface area contributed by atoms with E-state index in [1.807, 2.05) is 20.8 Å². The smallest absolute Gasteiger partial charge is 0.410 e. The van der Waals surface area contributed by atoms with Crippen molar-refractivity contribution in [2.45, 2.75) is 50.9 Å². The highest BCUT2D eigenvalue weighted by atomic mass is 32.2. The standard InChI is InChI=1S/C18H26N2O5S/c1-18(2,3)25-17(21)19-9-5-6-13(11-19)16-8-7-15(20(22)23)10-14(16)12-26(4)24/h7-8,10,13H,5-6,9,11-12H2,1-4H3. The molecule has 0 N–H and O–H groups in total. The highest BCUT2D eigenvalue weighted by Gasteiger charge is 2.29. The summed E-state index contributed by atoms with van der Waals surface area (Å²) < 4.78 is 17.2. The number of nitro benzene ring substituents is 1. The van der Waals surface area contributed by atoms with Crippen molar-refractivity contribution in [3.63, 3.8) is 0 Å². The van der Waals surface area contributed by atoms with Crippen molar-refractivity contribution in [1.82, 2.24) is 4.90 Å². The molecule has 1 aromatic carbocycles. The molecular weight excluding hydrogens is 356 g/mol. The molecule has 0 aromatic heterocycles. The van der Waals surface area contributed by atoms with Crippen molar-refractivity contribution in [3.8, 4) is 0 Å². The Kier molecular flexibility index (Phi) is 6.39. The van der Waals surface area contributed by atoms with Gasteiger partial charge in [0, 0.05) is 53.9 Å². The van der Waals surface area contributed by atoms with Crippen molar-refractivity contribution >= 4 is 22.6 Å². The van der Waals surface area contributed by atoms with Gasteiger partial charge in [0.15, 0.2) is 0 Å². The van der Waals surface area contributed by atoms with Crippen LogP contribution in [0.5, 0.6) is 0 Å². The van der Waals surface area contributed by atoms with Gasteiger partial charge in [0.1, 0.15) is 5.60 Å². The summed E-state index contributed by atoms with van der Waals surface area (Å²) in [5.41, 5.74) is 1.09. The molecular formula is C18H26N2O5S. The first-order valence-electron chi connectivity index (χ1n) is 8.62. The third kappa shape index (κ3) is 5.52. The average molecular weight is 382 g/mol. The predicted molar refractivity (Wildman–Crippen MR) is 101 cm³/mol. The van der Waals surface area contributed by atoms with Crippen molar-refractivity contribution < 1.29 is 18.7 Å². The molecule has 1 aromatic rings. The van der Waals surface area contributed by atoms with E-state index in [1.54, 1.807) is 17.2 Å². The number of carbonyl (C=O) groups excluding carboxylic acids is 1. The second kappa shape index (κ2) is 8.16. The fourth-order valence-corrected chi connectivity index (χ4v) is 3.86. The molecule has 26 heavy (non-hydrogen) atoms. The first-order valence-corrected chi connectivity index (χ1v) is 10.3. The van der Waals surface area contributed by atoms with Crippen molar-refractivity contribution in [3.05, 3.63) is 39.4 Å². The van der Waals surface area contributed by atoms with Crippen LogP contribution in [0.15, 0.2) is 18.2 Å². The summed E-state index contributed by atoms with van der Waals surface area (Å²) in [4.78, 5) is 24.7. The summed E-state index contributed by atoms with van der Waals surface area (Å²) in [6.45, 7) is 6.62. The highest BCUT2D eigenvalue weighted by Crippen LogP contribution is 2.32. The Morgan fingerprint density at radius 3 is 2.69 bits per heavy atom. The number of hydrogen-bond donors (Lipinski definition) is 0. The zero-order valence-corrected chi connectivity index (χ0v) is 16.5. The molecule has 1 heterocycles. The molecule has 2 rings (SSSR count). The quantitative estimate of drug-likeness (QED) is 0.586. The average Bonchev–Trinajstić information content (AvgIpc) is 2.52. The lowest BCUT2D eigenvalue weighted by molar-refractivity contribution is -0.384. The monoisotopic (exact) mass is 382 g/mol. The number of ether oxygens (including phenoxy) is 1. The molecule has 0 bridgehead atoms. The number of rotatable bonds is 4. The SMILES string of the molecule is CS(=O)Cc1cc([N+](=O)[O-])ccc1C1CCCN(C(=O)OC(C)(C)C)C1. The molecule has 7 nitrogen and oxygen atoms in total. The maximum absolute atomic E-state index is 12.4. The number of nitro groups is 1. The van der Waals surface area contributed by atoms with Gasteiger partial charge >= 0.3 is 6.09 Å². The minimum Gasteiger partial charge on any atom is -0.444 e. The largest absolute Gasteiger partial charge is 0.444 e. The van der Waals surface area contributed by atoms with E-state index in [1.165, 1.54) is 12.1 Å². The molecule has 0 radical (unpaired) electrons. The molecule has 1 fully saturated rings. The maximum Gasteiger partial charge on any atom is 0.410 e. The Labute approximate surface area is 156 Å². The molecule has 0 saturated carbocycles. The van der Waals surface area contributed by atoms with Gasteiger partial charge in [-0.15, -0.1) is 0 Å². The zero-order chi connectivity index (χ0) is 19.5. The molecule has 0 spiro atoms. The summed E-state index contributed by atoms with van der Waals surface area (Å²) in [6, 6.07) is 4.72. The van der Waals surface area contributed by atoms with E-state index < -0.39 is 21.3 Å². The zero-order valence-electron chi connectivity index (χ0n) is 15.7. The molecule has 1 aliphatic rings. The van der Waals surface area contributed by atoms with Crippen LogP contribution in [0.1, 0.15) is 50.7 Å². The summed E-state index contributed by atoms with van der Waals surface area (Å²) >= 11 is 0. The number of benzene rings is 1. The van der Waals surface area contributed by atoms with Crippen LogP contribution >= 0.6 is 0 Å². The molecule has 1 amide bonds. The van der Waals surface area contributed by atoms with E-state index in [4.69, 9.17) is 4.74 Å². The topological polar surface area (TPSA) is 89.8 Å². The molecule has 2 unspecified atom stereocenters. The molecule has 2 atom stereocenters. The van der Waals surface area contributed by atoms with Crippen LogP contribution in [-0.4, -0.2) is 45.1 Å². The molecule has 144 valence electrons. The lowest BCUT2D eigenvalue weighted by atomic mass is 9.88. The Hall–Kier alpha value is -1.96. The third-order valence-electron chi connectivity index (χ3n) is 4.21. The van der Waals surface area contributed by atoms with Crippen molar-refractivity contribution in [2.75, 3.05) is 19.3 Å². The molecule has 0 aliphatic carbocycles. The van der Waals surface area contributed by atoms with E-state index in [0.29, 0.717) is 13.1 Å². The van der Waals surface area contributed by atoms with Crippen LogP contribution in [0, 0.1) is 10.1 Å².